The van der Waals surface area contributed by atoms with Crippen molar-refractivity contribution in [2.75, 3.05) is 33.8 Å². The molecule has 0 radical (unpaired) electrons. The van der Waals surface area contributed by atoms with Crippen LogP contribution in [0.15, 0.2) is 73.1 Å². The molecule has 2 aromatic heterocycles. The number of hydrogen-bond acceptors (Lipinski definition) is 5. The molecule has 39 heavy (non-hydrogen) atoms. The van der Waals surface area contributed by atoms with Gasteiger partial charge in [0.1, 0.15) is 18.2 Å². The summed E-state index contributed by atoms with van der Waals surface area (Å²) in [6.07, 6.45) is 6.60. The van der Waals surface area contributed by atoms with Crippen LogP contribution < -0.4 is 10.1 Å². The predicted octanol–water partition coefficient (Wildman–Crippen LogP) is 5.22. The molecule has 0 unspecified atom stereocenters. The highest BCUT2D eigenvalue weighted by Gasteiger charge is 2.17. The lowest BCUT2D eigenvalue weighted by molar-refractivity contribution is -0.123. The molecule has 4 aromatic rings. The number of aromatic amines is 1. The SMILES string of the molecule is CCC(=C(c1ccc(OCCNCC=CC(=O)N(C)C)cc1)c1ccc2n[nH]c(F)c2c1)c1ccncc1F. The number of allylic oxidation sites excluding steroid dienone is 1. The van der Waals surface area contributed by atoms with Gasteiger partial charge in [0, 0.05) is 45.0 Å². The molecule has 0 bridgehead atoms. The fourth-order valence-corrected chi connectivity index (χ4v) is 4.22. The van der Waals surface area contributed by atoms with Crippen molar-refractivity contribution in [1.82, 2.24) is 25.4 Å². The number of fused-ring (bicyclic) bond motifs is 1. The first-order valence-electron chi connectivity index (χ1n) is 12.7. The highest BCUT2D eigenvalue weighted by molar-refractivity contribution is 6.00. The average molecular weight is 532 g/mol. The minimum absolute atomic E-state index is 0.0609. The van der Waals surface area contributed by atoms with E-state index in [2.05, 4.69) is 20.5 Å². The number of rotatable bonds is 11. The summed E-state index contributed by atoms with van der Waals surface area (Å²) in [5.41, 5.74) is 4.11. The van der Waals surface area contributed by atoms with Crippen molar-refractivity contribution in [3.63, 3.8) is 0 Å². The Hall–Kier alpha value is -4.37. The molecule has 0 aliphatic carbocycles. The van der Waals surface area contributed by atoms with Crippen LogP contribution in [0.2, 0.25) is 0 Å². The summed E-state index contributed by atoms with van der Waals surface area (Å²) >= 11 is 0. The van der Waals surface area contributed by atoms with Gasteiger partial charge in [-0.1, -0.05) is 31.2 Å². The second-order valence-corrected chi connectivity index (χ2v) is 9.04. The maximum Gasteiger partial charge on any atom is 0.245 e. The topological polar surface area (TPSA) is 83.1 Å². The Labute approximate surface area is 226 Å². The summed E-state index contributed by atoms with van der Waals surface area (Å²) in [6.45, 7) is 3.56. The predicted molar refractivity (Wildman–Crippen MR) is 149 cm³/mol. The summed E-state index contributed by atoms with van der Waals surface area (Å²) in [5, 5.41) is 9.92. The van der Waals surface area contributed by atoms with Gasteiger partial charge in [-0.05, 0) is 59.0 Å². The number of hydrogen-bond donors (Lipinski definition) is 2. The van der Waals surface area contributed by atoms with Crippen LogP contribution in [-0.4, -0.2) is 59.8 Å². The molecule has 7 nitrogen and oxygen atoms in total. The van der Waals surface area contributed by atoms with Crippen LogP contribution in [0.4, 0.5) is 8.78 Å². The molecule has 0 saturated heterocycles. The van der Waals surface area contributed by atoms with Crippen molar-refractivity contribution in [1.29, 1.82) is 0 Å². The molecular formula is C30H31F2N5O2. The maximum atomic E-state index is 14.9. The summed E-state index contributed by atoms with van der Waals surface area (Å²) in [6, 6.07) is 14.5. The zero-order chi connectivity index (χ0) is 27.8. The van der Waals surface area contributed by atoms with Gasteiger partial charge in [0.25, 0.3) is 0 Å². The van der Waals surface area contributed by atoms with Gasteiger partial charge in [0.05, 0.1) is 17.1 Å². The zero-order valence-electron chi connectivity index (χ0n) is 22.2. The van der Waals surface area contributed by atoms with Gasteiger partial charge in [-0.3, -0.25) is 14.9 Å². The Bertz CT molecular complexity index is 1490. The first kappa shape index (κ1) is 27.7. The number of carbonyl (C=O) groups excluding carboxylic acids is 1. The lowest BCUT2D eigenvalue weighted by Gasteiger charge is -2.17. The first-order valence-corrected chi connectivity index (χ1v) is 12.7. The third-order valence-electron chi connectivity index (χ3n) is 6.20. The first-order chi connectivity index (χ1) is 18.9. The molecule has 4 rings (SSSR count). The van der Waals surface area contributed by atoms with Crippen LogP contribution in [0.25, 0.3) is 22.0 Å². The van der Waals surface area contributed by atoms with Crippen molar-refractivity contribution >= 4 is 28.0 Å². The van der Waals surface area contributed by atoms with E-state index in [0.717, 1.165) is 22.3 Å². The number of H-pyrrole nitrogens is 1. The van der Waals surface area contributed by atoms with E-state index >= 15 is 0 Å². The van der Waals surface area contributed by atoms with Crippen LogP contribution in [0.3, 0.4) is 0 Å². The molecule has 0 saturated carbocycles. The van der Waals surface area contributed by atoms with Crippen LogP contribution in [0.5, 0.6) is 5.75 Å². The van der Waals surface area contributed by atoms with Crippen LogP contribution in [0.1, 0.15) is 30.0 Å². The second-order valence-electron chi connectivity index (χ2n) is 9.04. The number of ether oxygens (including phenoxy) is 1. The maximum absolute atomic E-state index is 14.9. The number of carbonyl (C=O) groups is 1. The Balaban J connectivity index is 1.56. The smallest absolute Gasteiger partial charge is 0.245 e. The molecular weight excluding hydrogens is 500 g/mol. The number of benzene rings is 2. The number of nitrogens with zero attached hydrogens (tertiary/aromatic N) is 3. The largest absolute Gasteiger partial charge is 0.492 e. The van der Waals surface area contributed by atoms with Gasteiger partial charge in [-0.15, -0.1) is 0 Å². The quantitative estimate of drug-likeness (QED) is 0.205. The molecule has 2 heterocycles. The van der Waals surface area contributed by atoms with Crippen LogP contribution in [0, 0.1) is 11.8 Å². The highest BCUT2D eigenvalue weighted by atomic mass is 19.1. The third kappa shape index (κ3) is 6.74. The van der Waals surface area contributed by atoms with Crippen molar-refractivity contribution in [2.24, 2.45) is 0 Å². The fourth-order valence-electron chi connectivity index (χ4n) is 4.22. The van der Waals surface area contributed by atoms with E-state index in [1.165, 1.54) is 17.2 Å². The van der Waals surface area contributed by atoms with E-state index in [4.69, 9.17) is 4.74 Å². The molecule has 202 valence electrons. The standard InChI is InChI=1S/C30H31F2N5O2/c1-4-23(24-13-15-34-19-26(24)31)29(21-9-12-27-25(18-21)30(32)36-35-27)20-7-10-22(11-8-20)39-17-16-33-14-5-6-28(38)37(2)3/h5-13,15,18-19,33H,4,14,16-17H2,1-3H3,(H,35,36). The number of amides is 1. The molecule has 0 atom stereocenters. The van der Waals surface area contributed by atoms with E-state index in [-0.39, 0.29) is 5.91 Å². The number of halogens is 2. The van der Waals surface area contributed by atoms with Gasteiger partial charge >= 0.3 is 0 Å². The summed E-state index contributed by atoms with van der Waals surface area (Å²) in [4.78, 5) is 16.9. The van der Waals surface area contributed by atoms with Crippen molar-refractivity contribution in [3.05, 3.63) is 102 Å². The monoisotopic (exact) mass is 531 g/mol. The summed E-state index contributed by atoms with van der Waals surface area (Å²) < 4.78 is 35.1. The number of pyridine rings is 1. The molecule has 0 fully saturated rings. The summed E-state index contributed by atoms with van der Waals surface area (Å²) in [5.74, 6) is -0.315. The van der Waals surface area contributed by atoms with Gasteiger partial charge in [-0.25, -0.2) is 4.39 Å². The lowest BCUT2D eigenvalue weighted by atomic mass is 9.88. The Morgan fingerprint density at radius 2 is 1.87 bits per heavy atom. The van der Waals surface area contributed by atoms with Gasteiger partial charge in [-0.2, -0.15) is 9.49 Å². The van der Waals surface area contributed by atoms with E-state index in [1.807, 2.05) is 37.3 Å². The summed E-state index contributed by atoms with van der Waals surface area (Å²) in [7, 11) is 3.41. The van der Waals surface area contributed by atoms with Gasteiger partial charge in [0.15, 0.2) is 0 Å². The molecule has 2 aromatic carbocycles. The van der Waals surface area contributed by atoms with E-state index < -0.39 is 11.8 Å². The number of aromatic nitrogens is 3. The fraction of sp³-hybridized carbons (Fsp3) is 0.233. The molecule has 0 aliphatic rings. The normalized spacial score (nSPS) is 12.1. The van der Waals surface area contributed by atoms with Gasteiger partial charge < -0.3 is 15.0 Å². The Morgan fingerprint density at radius 3 is 2.59 bits per heavy atom. The molecule has 2 N–H and O–H groups in total. The molecule has 0 aliphatic heterocycles. The Kier molecular flexibility index (Phi) is 9.17. The second kappa shape index (κ2) is 12.9. The molecule has 9 heteroatoms. The minimum Gasteiger partial charge on any atom is -0.492 e. The van der Waals surface area contributed by atoms with E-state index in [1.54, 1.807) is 44.6 Å². The molecule has 0 spiro atoms. The van der Waals surface area contributed by atoms with Gasteiger partial charge in [0.2, 0.25) is 11.9 Å². The average Bonchev–Trinajstić information content (AvgIpc) is 3.31. The number of likely N-dealkylation sites (N-methyl/N-ethyl adjacent to an activating group) is 1. The van der Waals surface area contributed by atoms with Crippen molar-refractivity contribution in [2.45, 2.75) is 13.3 Å². The Morgan fingerprint density at radius 1 is 1.10 bits per heavy atom. The zero-order valence-corrected chi connectivity index (χ0v) is 22.2. The lowest BCUT2D eigenvalue weighted by Crippen LogP contribution is -2.22. The van der Waals surface area contributed by atoms with E-state index in [0.29, 0.717) is 48.3 Å². The van der Waals surface area contributed by atoms with Crippen molar-refractivity contribution < 1.29 is 18.3 Å². The third-order valence-corrected chi connectivity index (χ3v) is 6.20. The van der Waals surface area contributed by atoms with E-state index in [9.17, 15) is 13.6 Å². The number of nitrogens with one attached hydrogen (secondary N) is 2. The van der Waals surface area contributed by atoms with Crippen molar-refractivity contribution in [3.8, 4) is 5.75 Å². The van der Waals surface area contributed by atoms with Crippen LogP contribution in [-0.2, 0) is 4.79 Å². The molecule has 1 amide bonds. The minimum atomic E-state index is -0.517. The highest BCUT2D eigenvalue weighted by Crippen LogP contribution is 2.37. The van der Waals surface area contributed by atoms with Crippen LogP contribution >= 0.6 is 0 Å².